The number of halogens is 1. The Morgan fingerprint density at radius 3 is 2.83 bits per heavy atom. The average molecular weight is 323 g/mol. The molecule has 1 atom stereocenters. The monoisotopic (exact) mass is 322 g/mol. The Kier molecular flexibility index (Phi) is 3.01. The fraction of sp³-hybridized carbons (Fsp3) is 0.143. The van der Waals surface area contributed by atoms with E-state index in [0.717, 1.165) is 21.0 Å². The number of hydrogen-bond acceptors (Lipinski definition) is 3. The van der Waals surface area contributed by atoms with Crippen LogP contribution in [0.2, 0.25) is 0 Å². The van der Waals surface area contributed by atoms with Crippen LogP contribution in [0.5, 0.6) is 0 Å². The van der Waals surface area contributed by atoms with Crippen LogP contribution >= 0.6 is 27.3 Å². The van der Waals surface area contributed by atoms with Gasteiger partial charge in [0, 0.05) is 20.8 Å². The summed E-state index contributed by atoms with van der Waals surface area (Å²) in [5.74, 6) is 0.578. The highest BCUT2D eigenvalue weighted by Gasteiger charge is 2.18. The van der Waals surface area contributed by atoms with E-state index in [9.17, 15) is 5.11 Å². The summed E-state index contributed by atoms with van der Waals surface area (Å²) < 4.78 is 6.61. The van der Waals surface area contributed by atoms with E-state index < -0.39 is 6.10 Å². The molecule has 2 nitrogen and oxygen atoms in total. The lowest BCUT2D eigenvalue weighted by Crippen LogP contribution is -1.96. The first-order valence-corrected chi connectivity index (χ1v) is 7.28. The van der Waals surface area contributed by atoms with E-state index in [1.807, 2.05) is 35.9 Å². The molecule has 2 aromatic heterocycles. The van der Waals surface area contributed by atoms with Crippen molar-refractivity contribution in [3.8, 4) is 0 Å². The number of hydrogen-bond donors (Lipinski definition) is 1. The molecule has 0 aliphatic heterocycles. The maximum Gasteiger partial charge on any atom is 0.139 e. The Labute approximate surface area is 117 Å². The fourth-order valence-electron chi connectivity index (χ4n) is 1.96. The third kappa shape index (κ3) is 2.00. The summed E-state index contributed by atoms with van der Waals surface area (Å²) in [5, 5.41) is 15.2. The first-order valence-electron chi connectivity index (χ1n) is 5.55. The van der Waals surface area contributed by atoms with Crippen molar-refractivity contribution in [3.63, 3.8) is 0 Å². The first-order chi connectivity index (χ1) is 8.65. The standard InChI is InChI=1S/C14H11BrO2S/c1-8-2-3-12-9(4-8)5-13(17-12)14(16)10-6-18-7-11(10)15/h2-7,14,16H,1H3. The summed E-state index contributed by atoms with van der Waals surface area (Å²) >= 11 is 4.98. The van der Waals surface area contributed by atoms with Gasteiger partial charge in [-0.2, -0.15) is 11.3 Å². The van der Waals surface area contributed by atoms with Gasteiger partial charge in [0.15, 0.2) is 0 Å². The van der Waals surface area contributed by atoms with Crippen molar-refractivity contribution in [2.75, 3.05) is 0 Å². The van der Waals surface area contributed by atoms with Gasteiger partial charge in [-0.05, 0) is 46.4 Å². The van der Waals surface area contributed by atoms with Crippen LogP contribution in [-0.2, 0) is 0 Å². The summed E-state index contributed by atoms with van der Waals surface area (Å²) in [7, 11) is 0. The second kappa shape index (κ2) is 4.53. The molecule has 2 heterocycles. The predicted molar refractivity (Wildman–Crippen MR) is 77.0 cm³/mol. The van der Waals surface area contributed by atoms with E-state index >= 15 is 0 Å². The predicted octanol–water partition coefficient (Wildman–Crippen LogP) is 4.65. The zero-order valence-corrected chi connectivity index (χ0v) is 12.1. The number of aliphatic hydroxyl groups is 1. The molecule has 3 rings (SSSR count). The van der Waals surface area contributed by atoms with Gasteiger partial charge in [-0.1, -0.05) is 11.6 Å². The Bertz CT molecular complexity index is 699. The van der Waals surface area contributed by atoms with E-state index in [1.165, 1.54) is 5.56 Å². The van der Waals surface area contributed by atoms with Crippen LogP contribution in [-0.4, -0.2) is 5.11 Å². The van der Waals surface area contributed by atoms with Gasteiger partial charge in [-0.3, -0.25) is 0 Å². The van der Waals surface area contributed by atoms with Crippen molar-refractivity contribution in [3.05, 3.63) is 56.4 Å². The van der Waals surface area contributed by atoms with Crippen molar-refractivity contribution < 1.29 is 9.52 Å². The molecule has 0 aliphatic rings. The second-order valence-corrected chi connectivity index (χ2v) is 5.87. The van der Waals surface area contributed by atoms with Crippen LogP contribution in [0.25, 0.3) is 11.0 Å². The van der Waals surface area contributed by atoms with Crippen LogP contribution in [0.4, 0.5) is 0 Å². The molecule has 0 radical (unpaired) electrons. The van der Waals surface area contributed by atoms with Gasteiger partial charge < -0.3 is 9.52 Å². The Morgan fingerprint density at radius 1 is 1.28 bits per heavy atom. The van der Waals surface area contributed by atoms with E-state index in [0.29, 0.717) is 5.76 Å². The zero-order valence-electron chi connectivity index (χ0n) is 9.68. The number of rotatable bonds is 2. The molecular weight excluding hydrogens is 312 g/mol. The normalized spacial score (nSPS) is 13.1. The third-order valence-corrected chi connectivity index (χ3v) is 4.65. The molecule has 1 N–H and O–H groups in total. The Balaban J connectivity index is 2.07. The highest BCUT2D eigenvalue weighted by atomic mass is 79.9. The van der Waals surface area contributed by atoms with Crippen molar-refractivity contribution >= 4 is 38.2 Å². The van der Waals surface area contributed by atoms with Gasteiger partial charge in [-0.15, -0.1) is 0 Å². The van der Waals surface area contributed by atoms with E-state index in [-0.39, 0.29) is 0 Å². The molecule has 18 heavy (non-hydrogen) atoms. The quantitative estimate of drug-likeness (QED) is 0.745. The number of thiophene rings is 1. The second-order valence-electron chi connectivity index (χ2n) is 4.27. The minimum absolute atomic E-state index is 0.578. The highest BCUT2D eigenvalue weighted by Crippen LogP contribution is 2.34. The van der Waals surface area contributed by atoms with Crippen LogP contribution in [0, 0.1) is 6.92 Å². The number of furan rings is 1. The van der Waals surface area contributed by atoms with Crippen LogP contribution in [0.15, 0.2) is 43.9 Å². The van der Waals surface area contributed by atoms with E-state index in [4.69, 9.17) is 4.42 Å². The molecule has 0 spiro atoms. The topological polar surface area (TPSA) is 33.4 Å². The molecule has 1 aromatic carbocycles. The first kappa shape index (κ1) is 12.0. The summed E-state index contributed by atoms with van der Waals surface area (Å²) in [6.45, 7) is 2.04. The van der Waals surface area contributed by atoms with Crippen molar-refractivity contribution in [1.82, 2.24) is 0 Å². The maximum absolute atomic E-state index is 10.3. The molecule has 3 aromatic rings. The van der Waals surface area contributed by atoms with E-state index in [2.05, 4.69) is 22.0 Å². The van der Waals surface area contributed by atoms with Gasteiger partial charge in [0.1, 0.15) is 17.4 Å². The third-order valence-electron chi connectivity index (χ3n) is 2.90. The average Bonchev–Trinajstić information content (AvgIpc) is 2.93. The molecule has 0 fully saturated rings. The summed E-state index contributed by atoms with van der Waals surface area (Å²) in [6, 6.07) is 7.89. The molecule has 0 bridgehead atoms. The zero-order chi connectivity index (χ0) is 12.7. The summed E-state index contributed by atoms with van der Waals surface area (Å²) in [6.07, 6.45) is -0.724. The van der Waals surface area contributed by atoms with Gasteiger partial charge in [0.2, 0.25) is 0 Å². The lowest BCUT2D eigenvalue weighted by molar-refractivity contribution is 0.192. The molecule has 0 saturated carbocycles. The van der Waals surface area contributed by atoms with Gasteiger partial charge >= 0.3 is 0 Å². The van der Waals surface area contributed by atoms with Gasteiger partial charge in [-0.25, -0.2) is 0 Å². The summed E-state index contributed by atoms with van der Waals surface area (Å²) in [4.78, 5) is 0. The number of fused-ring (bicyclic) bond motifs is 1. The lowest BCUT2D eigenvalue weighted by Gasteiger charge is -2.05. The Hall–Kier alpha value is -1.10. The maximum atomic E-state index is 10.3. The fourth-order valence-corrected chi connectivity index (χ4v) is 3.49. The minimum Gasteiger partial charge on any atom is -0.458 e. The molecular formula is C14H11BrO2S. The SMILES string of the molecule is Cc1ccc2oc(C(O)c3cscc3Br)cc2c1. The molecule has 0 aliphatic carbocycles. The van der Waals surface area contributed by atoms with E-state index in [1.54, 1.807) is 11.3 Å². The smallest absolute Gasteiger partial charge is 0.139 e. The molecule has 92 valence electrons. The van der Waals surface area contributed by atoms with Gasteiger partial charge in [0.25, 0.3) is 0 Å². The van der Waals surface area contributed by atoms with Crippen molar-refractivity contribution in [2.24, 2.45) is 0 Å². The number of aliphatic hydroxyl groups excluding tert-OH is 1. The molecule has 4 heteroatoms. The number of benzene rings is 1. The molecule has 1 unspecified atom stereocenters. The lowest BCUT2D eigenvalue weighted by atomic mass is 10.1. The minimum atomic E-state index is -0.724. The molecule has 0 saturated heterocycles. The van der Waals surface area contributed by atoms with Crippen LogP contribution < -0.4 is 0 Å². The van der Waals surface area contributed by atoms with Crippen molar-refractivity contribution in [1.29, 1.82) is 0 Å². The van der Waals surface area contributed by atoms with Crippen molar-refractivity contribution in [2.45, 2.75) is 13.0 Å². The molecule has 0 amide bonds. The summed E-state index contributed by atoms with van der Waals surface area (Å²) in [5.41, 5.74) is 2.83. The Morgan fingerprint density at radius 2 is 2.11 bits per heavy atom. The van der Waals surface area contributed by atoms with Crippen LogP contribution in [0.3, 0.4) is 0 Å². The van der Waals surface area contributed by atoms with Crippen LogP contribution in [0.1, 0.15) is 23.0 Å². The van der Waals surface area contributed by atoms with Gasteiger partial charge in [0.05, 0.1) is 0 Å². The largest absolute Gasteiger partial charge is 0.458 e. The highest BCUT2D eigenvalue weighted by molar-refractivity contribution is 9.10. The number of aryl methyl sites for hydroxylation is 1.